The van der Waals surface area contributed by atoms with Crippen molar-refractivity contribution >= 4 is 35.0 Å². The molecular formula is C16H9ClF3NaO3S. The Bertz CT molecular complexity index is 819. The van der Waals surface area contributed by atoms with Gasteiger partial charge < -0.3 is 14.6 Å². The zero-order valence-corrected chi connectivity index (χ0v) is 16.5. The van der Waals surface area contributed by atoms with E-state index in [0.717, 1.165) is 11.0 Å². The van der Waals surface area contributed by atoms with Gasteiger partial charge in [0, 0.05) is 27.5 Å². The Balaban J connectivity index is 0.00000225. The van der Waals surface area contributed by atoms with E-state index in [4.69, 9.17) is 16.3 Å². The molecule has 1 aliphatic heterocycles. The number of benzene rings is 1. The van der Waals surface area contributed by atoms with E-state index in [1.165, 1.54) is 23.5 Å². The number of hydrogen-bond acceptors (Lipinski definition) is 4. The van der Waals surface area contributed by atoms with Crippen molar-refractivity contribution in [2.45, 2.75) is 18.7 Å². The summed E-state index contributed by atoms with van der Waals surface area (Å²) in [6.07, 6.45) is -6.09. The van der Waals surface area contributed by atoms with E-state index in [9.17, 15) is 23.1 Å². The second-order valence-electron chi connectivity index (χ2n) is 5.16. The summed E-state index contributed by atoms with van der Waals surface area (Å²) in [6.45, 7) is 0. The van der Waals surface area contributed by atoms with Gasteiger partial charge in [-0.3, -0.25) is 0 Å². The van der Waals surface area contributed by atoms with E-state index < -0.39 is 23.8 Å². The first kappa shape index (κ1) is 20.3. The number of ether oxygens (including phenoxy) is 1. The quantitative estimate of drug-likeness (QED) is 0.708. The number of fused-ring (bicyclic) bond motifs is 1. The maximum absolute atomic E-state index is 13.0. The summed E-state index contributed by atoms with van der Waals surface area (Å²) in [5, 5.41) is 13.2. The average molecular weight is 397 g/mol. The van der Waals surface area contributed by atoms with Crippen molar-refractivity contribution in [3.63, 3.8) is 0 Å². The van der Waals surface area contributed by atoms with Gasteiger partial charge in [-0.05, 0) is 35.2 Å². The standard InChI is InChI=1S/C16H10ClF3O3S.Na/c17-12-6-9-5-11(15(21)22)14(16(18,19)20)23-13(9)7-8(12)4-10-2-1-3-24-10;/h1-3,5-7,14H,4H2,(H,21,22);/q;+1/p-1. The van der Waals surface area contributed by atoms with Crippen LogP contribution in [-0.2, 0) is 11.2 Å². The Kier molecular flexibility index (Phi) is 6.27. The summed E-state index contributed by atoms with van der Waals surface area (Å²) in [5.41, 5.74) is -0.198. The molecule has 0 saturated heterocycles. The second kappa shape index (κ2) is 7.72. The number of hydrogen-bond donors (Lipinski definition) is 0. The number of carboxylic acids is 1. The van der Waals surface area contributed by atoms with Crippen molar-refractivity contribution in [3.8, 4) is 5.75 Å². The molecule has 0 spiro atoms. The van der Waals surface area contributed by atoms with Crippen LogP contribution in [0.4, 0.5) is 13.2 Å². The molecule has 3 rings (SSSR count). The van der Waals surface area contributed by atoms with Crippen LogP contribution >= 0.6 is 22.9 Å². The van der Waals surface area contributed by atoms with Crippen LogP contribution in [0.25, 0.3) is 6.08 Å². The number of aliphatic carboxylic acids is 1. The van der Waals surface area contributed by atoms with Crippen LogP contribution in [0.3, 0.4) is 0 Å². The van der Waals surface area contributed by atoms with Crippen molar-refractivity contribution in [1.82, 2.24) is 0 Å². The first-order valence-electron chi connectivity index (χ1n) is 6.77. The predicted octanol–water partition coefficient (Wildman–Crippen LogP) is 0.453. The zero-order chi connectivity index (χ0) is 17.5. The molecule has 3 nitrogen and oxygen atoms in total. The average Bonchev–Trinajstić information content (AvgIpc) is 2.98. The first-order chi connectivity index (χ1) is 11.3. The topological polar surface area (TPSA) is 49.4 Å². The van der Waals surface area contributed by atoms with Gasteiger partial charge in [-0.25, -0.2) is 0 Å². The largest absolute Gasteiger partial charge is 1.00 e. The molecule has 2 heterocycles. The summed E-state index contributed by atoms with van der Waals surface area (Å²) < 4.78 is 44.1. The number of carbonyl (C=O) groups excluding carboxylic acids is 1. The third kappa shape index (κ3) is 4.41. The molecule has 1 aliphatic rings. The van der Waals surface area contributed by atoms with Gasteiger partial charge in [-0.2, -0.15) is 13.2 Å². The molecule has 0 amide bonds. The van der Waals surface area contributed by atoms with E-state index in [-0.39, 0.29) is 40.9 Å². The Labute approximate surface area is 172 Å². The van der Waals surface area contributed by atoms with Crippen molar-refractivity contribution < 1.29 is 57.4 Å². The second-order valence-corrected chi connectivity index (χ2v) is 6.60. The third-order valence-corrected chi connectivity index (χ3v) is 4.72. The zero-order valence-electron chi connectivity index (χ0n) is 12.9. The van der Waals surface area contributed by atoms with Crippen molar-refractivity contribution in [2.75, 3.05) is 0 Å². The molecule has 0 aliphatic carbocycles. The van der Waals surface area contributed by atoms with E-state index in [1.807, 2.05) is 17.5 Å². The Morgan fingerprint density at radius 3 is 2.64 bits per heavy atom. The number of thiophene rings is 1. The van der Waals surface area contributed by atoms with Crippen LogP contribution < -0.4 is 39.4 Å². The maximum atomic E-state index is 13.0. The minimum absolute atomic E-state index is 0. The molecule has 0 radical (unpaired) electrons. The van der Waals surface area contributed by atoms with Crippen LogP contribution in [0.1, 0.15) is 16.0 Å². The molecule has 126 valence electrons. The number of rotatable bonds is 3. The van der Waals surface area contributed by atoms with Gasteiger partial charge in [0.1, 0.15) is 5.75 Å². The van der Waals surface area contributed by atoms with Crippen LogP contribution in [0.2, 0.25) is 5.02 Å². The molecule has 25 heavy (non-hydrogen) atoms. The monoisotopic (exact) mass is 396 g/mol. The fourth-order valence-electron chi connectivity index (χ4n) is 2.40. The number of carbonyl (C=O) groups is 1. The minimum atomic E-state index is -4.86. The molecule has 0 fully saturated rings. The first-order valence-corrected chi connectivity index (χ1v) is 8.02. The van der Waals surface area contributed by atoms with E-state index in [1.54, 1.807) is 0 Å². The number of halogens is 4. The molecule has 0 saturated carbocycles. The van der Waals surface area contributed by atoms with Gasteiger partial charge in [0.25, 0.3) is 0 Å². The van der Waals surface area contributed by atoms with E-state index in [2.05, 4.69) is 0 Å². The van der Waals surface area contributed by atoms with Crippen molar-refractivity contribution in [2.24, 2.45) is 0 Å². The van der Waals surface area contributed by atoms with Gasteiger partial charge in [0.2, 0.25) is 6.10 Å². The molecule has 1 unspecified atom stereocenters. The molecule has 2 aromatic rings. The van der Waals surface area contributed by atoms with Gasteiger partial charge >= 0.3 is 35.7 Å². The molecule has 9 heteroatoms. The van der Waals surface area contributed by atoms with Crippen LogP contribution in [0, 0.1) is 0 Å². The summed E-state index contributed by atoms with van der Waals surface area (Å²) in [7, 11) is 0. The molecular weight excluding hydrogens is 388 g/mol. The third-order valence-electron chi connectivity index (χ3n) is 3.49. The fourth-order valence-corrected chi connectivity index (χ4v) is 3.37. The maximum Gasteiger partial charge on any atom is 1.00 e. The molecule has 0 bridgehead atoms. The molecule has 0 N–H and O–H groups in total. The van der Waals surface area contributed by atoms with Crippen molar-refractivity contribution in [1.29, 1.82) is 0 Å². The van der Waals surface area contributed by atoms with Crippen LogP contribution in [-0.4, -0.2) is 18.2 Å². The van der Waals surface area contributed by atoms with Gasteiger partial charge in [0.15, 0.2) is 0 Å². The van der Waals surface area contributed by atoms with Crippen LogP contribution in [0.5, 0.6) is 5.75 Å². The molecule has 1 aromatic carbocycles. The summed E-state index contributed by atoms with van der Waals surface area (Å²) in [6, 6.07) is 6.55. The Hall–Kier alpha value is -0.990. The summed E-state index contributed by atoms with van der Waals surface area (Å²) in [4.78, 5) is 12.0. The molecule has 1 aromatic heterocycles. The summed E-state index contributed by atoms with van der Waals surface area (Å²) in [5.74, 6) is -1.99. The molecule has 1 atom stereocenters. The smallest absolute Gasteiger partial charge is 0.545 e. The fraction of sp³-hybridized carbons (Fsp3) is 0.188. The number of carboxylic acid groups (broad SMARTS) is 1. The van der Waals surface area contributed by atoms with Gasteiger partial charge in [-0.15, -0.1) is 11.3 Å². The van der Waals surface area contributed by atoms with E-state index >= 15 is 0 Å². The Morgan fingerprint density at radius 2 is 2.08 bits per heavy atom. The van der Waals surface area contributed by atoms with Crippen LogP contribution in [0.15, 0.2) is 35.2 Å². The van der Waals surface area contributed by atoms with Crippen molar-refractivity contribution in [3.05, 3.63) is 56.2 Å². The summed E-state index contributed by atoms with van der Waals surface area (Å²) >= 11 is 7.66. The number of alkyl halides is 3. The minimum Gasteiger partial charge on any atom is -0.545 e. The van der Waals surface area contributed by atoms with Gasteiger partial charge in [-0.1, -0.05) is 17.7 Å². The normalized spacial score (nSPS) is 16.3. The SMILES string of the molecule is O=C([O-])C1=Cc2cc(Cl)c(Cc3cccs3)cc2OC1C(F)(F)F.[Na+]. The predicted molar refractivity (Wildman–Crippen MR) is 82.0 cm³/mol. The van der Waals surface area contributed by atoms with Gasteiger partial charge in [0.05, 0.1) is 5.97 Å². The Morgan fingerprint density at radius 1 is 1.36 bits per heavy atom. The van der Waals surface area contributed by atoms with E-state index in [0.29, 0.717) is 17.0 Å².